The highest BCUT2D eigenvalue weighted by atomic mass is 15.2. The predicted octanol–water partition coefficient (Wildman–Crippen LogP) is 2.14. The summed E-state index contributed by atoms with van der Waals surface area (Å²) in [7, 11) is 4.31. The average molecular weight is 232 g/mol. The van der Waals surface area contributed by atoms with Crippen LogP contribution in [0.2, 0.25) is 0 Å². The summed E-state index contributed by atoms with van der Waals surface area (Å²) in [5, 5.41) is 3.56. The zero-order valence-electron chi connectivity index (χ0n) is 11.5. The van der Waals surface area contributed by atoms with Crippen molar-refractivity contribution in [3.05, 3.63) is 34.9 Å². The Kier molecular flexibility index (Phi) is 3.55. The van der Waals surface area contributed by atoms with Crippen LogP contribution < -0.4 is 5.32 Å². The van der Waals surface area contributed by atoms with Gasteiger partial charge in [-0.2, -0.15) is 0 Å². The van der Waals surface area contributed by atoms with Gasteiger partial charge in [0.25, 0.3) is 0 Å². The molecule has 1 aromatic carbocycles. The molecule has 0 aliphatic carbocycles. The van der Waals surface area contributed by atoms with E-state index in [9.17, 15) is 0 Å². The van der Waals surface area contributed by atoms with Crippen LogP contribution in [-0.4, -0.2) is 37.6 Å². The lowest BCUT2D eigenvalue weighted by atomic mass is 9.88. The highest BCUT2D eigenvalue weighted by molar-refractivity contribution is 5.32. The third kappa shape index (κ3) is 2.70. The van der Waals surface area contributed by atoms with Crippen molar-refractivity contribution < 1.29 is 0 Å². The summed E-state index contributed by atoms with van der Waals surface area (Å²) in [5.41, 5.74) is 4.54. The standard InChI is InChI=1S/C15H24N2/c1-12-5-6-14(13(2)9-12)10-15(16-3)7-8-17(4)11-15/h5-6,9,16H,7-8,10-11H2,1-4H3. The molecule has 0 amide bonds. The Morgan fingerprint density at radius 1 is 1.35 bits per heavy atom. The van der Waals surface area contributed by atoms with E-state index in [2.05, 4.69) is 56.4 Å². The molecule has 1 saturated heterocycles. The molecule has 94 valence electrons. The van der Waals surface area contributed by atoms with Crippen LogP contribution >= 0.6 is 0 Å². The Balaban J connectivity index is 2.19. The van der Waals surface area contributed by atoms with E-state index in [4.69, 9.17) is 0 Å². The van der Waals surface area contributed by atoms with Gasteiger partial charge in [0.2, 0.25) is 0 Å². The maximum atomic E-state index is 3.56. The largest absolute Gasteiger partial charge is 0.313 e. The molecule has 1 aliphatic rings. The van der Waals surface area contributed by atoms with Gasteiger partial charge in [-0.05, 0) is 58.5 Å². The first-order chi connectivity index (χ1) is 8.04. The summed E-state index contributed by atoms with van der Waals surface area (Å²) in [6.07, 6.45) is 2.38. The second-order valence-electron chi connectivity index (χ2n) is 5.62. The van der Waals surface area contributed by atoms with Crippen LogP contribution in [0.4, 0.5) is 0 Å². The van der Waals surface area contributed by atoms with Crippen LogP contribution in [-0.2, 0) is 6.42 Å². The number of aryl methyl sites for hydroxylation is 2. The van der Waals surface area contributed by atoms with Gasteiger partial charge >= 0.3 is 0 Å². The number of benzene rings is 1. The topological polar surface area (TPSA) is 15.3 Å². The van der Waals surface area contributed by atoms with Gasteiger partial charge in [-0.15, -0.1) is 0 Å². The number of hydrogen-bond donors (Lipinski definition) is 1. The normalized spacial score (nSPS) is 25.4. The Bertz CT molecular complexity index is 400. The van der Waals surface area contributed by atoms with Crippen LogP contribution in [0, 0.1) is 13.8 Å². The molecule has 1 heterocycles. The average Bonchev–Trinajstić information content (AvgIpc) is 2.65. The van der Waals surface area contributed by atoms with E-state index in [1.807, 2.05) is 0 Å². The molecule has 1 aromatic rings. The minimum Gasteiger partial charge on any atom is -0.313 e. The summed E-state index contributed by atoms with van der Waals surface area (Å²) in [6, 6.07) is 6.81. The van der Waals surface area contributed by atoms with Crippen LogP contribution in [0.15, 0.2) is 18.2 Å². The number of rotatable bonds is 3. The fourth-order valence-electron chi connectivity index (χ4n) is 2.93. The van der Waals surface area contributed by atoms with Crippen molar-refractivity contribution >= 4 is 0 Å². The first-order valence-corrected chi connectivity index (χ1v) is 6.48. The molecule has 1 fully saturated rings. The lowest BCUT2D eigenvalue weighted by Crippen LogP contribution is -2.47. The monoisotopic (exact) mass is 232 g/mol. The quantitative estimate of drug-likeness (QED) is 0.859. The smallest absolute Gasteiger partial charge is 0.0358 e. The van der Waals surface area contributed by atoms with E-state index in [0.717, 1.165) is 13.0 Å². The summed E-state index contributed by atoms with van der Waals surface area (Å²) in [6.45, 7) is 6.74. The first kappa shape index (κ1) is 12.6. The number of nitrogens with one attached hydrogen (secondary N) is 1. The minimum atomic E-state index is 0.273. The zero-order valence-corrected chi connectivity index (χ0v) is 11.5. The molecule has 17 heavy (non-hydrogen) atoms. The van der Waals surface area contributed by atoms with Crippen molar-refractivity contribution in [3.8, 4) is 0 Å². The maximum Gasteiger partial charge on any atom is 0.0358 e. The molecule has 2 heteroatoms. The van der Waals surface area contributed by atoms with Gasteiger partial charge in [-0.25, -0.2) is 0 Å². The predicted molar refractivity (Wildman–Crippen MR) is 73.5 cm³/mol. The van der Waals surface area contributed by atoms with E-state index >= 15 is 0 Å². The number of nitrogens with zero attached hydrogens (tertiary/aromatic N) is 1. The van der Waals surface area contributed by atoms with Crippen molar-refractivity contribution in [2.75, 3.05) is 27.2 Å². The highest BCUT2D eigenvalue weighted by Gasteiger charge is 2.35. The molecule has 0 bridgehead atoms. The van der Waals surface area contributed by atoms with Gasteiger partial charge in [0, 0.05) is 12.1 Å². The molecule has 2 nitrogen and oxygen atoms in total. The molecule has 2 rings (SSSR count). The highest BCUT2D eigenvalue weighted by Crippen LogP contribution is 2.26. The Hall–Kier alpha value is -0.860. The van der Waals surface area contributed by atoms with Gasteiger partial charge in [-0.3, -0.25) is 0 Å². The molecular formula is C15H24N2. The molecule has 1 atom stereocenters. The van der Waals surface area contributed by atoms with Gasteiger partial charge in [-0.1, -0.05) is 23.8 Å². The molecule has 0 aromatic heterocycles. The van der Waals surface area contributed by atoms with Crippen molar-refractivity contribution in [1.29, 1.82) is 0 Å². The first-order valence-electron chi connectivity index (χ1n) is 6.48. The fourth-order valence-corrected chi connectivity index (χ4v) is 2.93. The van der Waals surface area contributed by atoms with Crippen molar-refractivity contribution in [2.45, 2.75) is 32.2 Å². The van der Waals surface area contributed by atoms with Gasteiger partial charge in [0.1, 0.15) is 0 Å². The molecule has 0 saturated carbocycles. The second-order valence-corrected chi connectivity index (χ2v) is 5.62. The molecule has 0 spiro atoms. The third-order valence-electron chi connectivity index (χ3n) is 4.10. The minimum absolute atomic E-state index is 0.273. The summed E-state index contributed by atoms with van der Waals surface area (Å²) in [4.78, 5) is 2.42. The van der Waals surface area contributed by atoms with E-state index < -0.39 is 0 Å². The van der Waals surface area contributed by atoms with E-state index in [1.165, 1.54) is 29.7 Å². The lowest BCUT2D eigenvalue weighted by Gasteiger charge is -2.29. The fraction of sp³-hybridized carbons (Fsp3) is 0.600. The third-order valence-corrected chi connectivity index (χ3v) is 4.10. The van der Waals surface area contributed by atoms with E-state index in [0.29, 0.717) is 0 Å². The summed E-state index contributed by atoms with van der Waals surface area (Å²) < 4.78 is 0. The van der Waals surface area contributed by atoms with E-state index in [-0.39, 0.29) is 5.54 Å². The van der Waals surface area contributed by atoms with Crippen LogP contribution in [0.5, 0.6) is 0 Å². The molecule has 0 radical (unpaired) electrons. The summed E-state index contributed by atoms with van der Waals surface area (Å²) >= 11 is 0. The Morgan fingerprint density at radius 2 is 2.12 bits per heavy atom. The van der Waals surface area contributed by atoms with E-state index in [1.54, 1.807) is 0 Å². The number of likely N-dealkylation sites (N-methyl/N-ethyl adjacent to an activating group) is 2. The van der Waals surface area contributed by atoms with Crippen molar-refractivity contribution in [3.63, 3.8) is 0 Å². The SMILES string of the molecule is CNC1(Cc2ccc(C)cc2C)CCN(C)C1. The van der Waals surface area contributed by atoms with Crippen LogP contribution in [0.1, 0.15) is 23.1 Å². The lowest BCUT2D eigenvalue weighted by molar-refractivity contribution is 0.326. The zero-order chi connectivity index (χ0) is 12.5. The molecular weight excluding hydrogens is 208 g/mol. The Morgan fingerprint density at radius 3 is 2.65 bits per heavy atom. The second kappa shape index (κ2) is 4.79. The van der Waals surface area contributed by atoms with Crippen LogP contribution in [0.25, 0.3) is 0 Å². The number of likely N-dealkylation sites (tertiary alicyclic amines) is 1. The van der Waals surface area contributed by atoms with Crippen molar-refractivity contribution in [2.24, 2.45) is 0 Å². The van der Waals surface area contributed by atoms with Gasteiger partial charge < -0.3 is 10.2 Å². The van der Waals surface area contributed by atoms with Crippen LogP contribution in [0.3, 0.4) is 0 Å². The molecule has 1 N–H and O–H groups in total. The van der Waals surface area contributed by atoms with Gasteiger partial charge in [0.15, 0.2) is 0 Å². The number of hydrogen-bond acceptors (Lipinski definition) is 2. The molecule has 1 aliphatic heterocycles. The van der Waals surface area contributed by atoms with Crippen molar-refractivity contribution in [1.82, 2.24) is 10.2 Å². The maximum absolute atomic E-state index is 3.56. The van der Waals surface area contributed by atoms with Gasteiger partial charge in [0.05, 0.1) is 0 Å². The molecule has 1 unspecified atom stereocenters. The Labute approximate surface area is 105 Å². The summed E-state index contributed by atoms with van der Waals surface area (Å²) in [5.74, 6) is 0.